The molecule has 1 aliphatic rings. The third-order valence-electron chi connectivity index (χ3n) is 7.87. The first-order chi connectivity index (χ1) is 15.5. The Kier molecular flexibility index (Phi) is 9.81. The zero-order valence-corrected chi connectivity index (χ0v) is 20.7. The van der Waals surface area contributed by atoms with Gasteiger partial charge in [-0.2, -0.15) is 0 Å². The van der Waals surface area contributed by atoms with E-state index in [0.29, 0.717) is 23.9 Å². The molecule has 1 fully saturated rings. The molecule has 2 nitrogen and oxygen atoms in total. The molecule has 1 N–H and O–H groups in total. The fraction of sp³-hybridized carbons (Fsp3) is 0.600. The molecule has 0 spiro atoms. The maximum atomic E-state index is 11.1. The second-order valence-electron chi connectivity index (χ2n) is 10.2. The fourth-order valence-corrected chi connectivity index (χ4v) is 5.28. The molecule has 4 unspecified atom stereocenters. The van der Waals surface area contributed by atoms with Crippen molar-refractivity contribution in [3.05, 3.63) is 60.2 Å². The lowest BCUT2D eigenvalue weighted by Gasteiger charge is -2.37. The van der Waals surface area contributed by atoms with Crippen LogP contribution in [0.3, 0.4) is 0 Å². The van der Waals surface area contributed by atoms with Gasteiger partial charge in [0.15, 0.2) is 0 Å². The van der Waals surface area contributed by atoms with Gasteiger partial charge in [0.25, 0.3) is 0 Å². The number of rotatable bonds is 11. The van der Waals surface area contributed by atoms with Crippen molar-refractivity contribution in [2.24, 2.45) is 23.7 Å². The summed E-state index contributed by atoms with van der Waals surface area (Å²) in [6, 6.07) is 19.0. The minimum Gasteiger partial charge on any atom is -0.388 e. The van der Waals surface area contributed by atoms with Crippen LogP contribution in [0.2, 0.25) is 0 Å². The minimum atomic E-state index is -0.353. The predicted octanol–water partition coefficient (Wildman–Crippen LogP) is 8.06. The molecule has 0 heterocycles. The van der Waals surface area contributed by atoms with Crippen molar-refractivity contribution in [3.8, 4) is 11.1 Å². The van der Waals surface area contributed by atoms with Crippen molar-refractivity contribution < 1.29 is 9.84 Å². The van der Waals surface area contributed by atoms with Gasteiger partial charge >= 0.3 is 0 Å². The Labute approximate surface area is 196 Å². The fourth-order valence-electron chi connectivity index (χ4n) is 5.28. The molecule has 1 saturated carbocycles. The molecule has 6 atom stereocenters. The number of hydrogen-bond acceptors (Lipinski definition) is 2. The van der Waals surface area contributed by atoms with Crippen LogP contribution < -0.4 is 0 Å². The zero-order chi connectivity index (χ0) is 22.9. The molecule has 1 aliphatic carbocycles. The van der Waals surface area contributed by atoms with E-state index in [1.165, 1.54) is 36.8 Å². The first kappa shape index (κ1) is 25.0. The summed E-state index contributed by atoms with van der Waals surface area (Å²) in [6.07, 6.45) is 8.40. The Hall–Kier alpha value is -1.64. The van der Waals surface area contributed by atoms with Gasteiger partial charge in [-0.05, 0) is 85.8 Å². The molecule has 0 aliphatic heterocycles. The van der Waals surface area contributed by atoms with Gasteiger partial charge in [-0.3, -0.25) is 0 Å². The van der Waals surface area contributed by atoms with E-state index in [1.54, 1.807) is 0 Å². The lowest BCUT2D eigenvalue weighted by molar-refractivity contribution is 0.0189. The maximum absolute atomic E-state index is 11.1. The van der Waals surface area contributed by atoms with Crippen molar-refractivity contribution in [1.29, 1.82) is 0 Å². The first-order valence-corrected chi connectivity index (χ1v) is 12.9. The monoisotopic (exact) mass is 436 g/mol. The number of aliphatic hydroxyl groups is 1. The SMILES string of the molecule is CCCCOC(C)C(C)CCC1CC[C@@H](C(O)c2ccc(-c3ccccc3)cc2)C[C@@H]1C. The molecular formula is C30H44O2. The predicted molar refractivity (Wildman–Crippen MR) is 136 cm³/mol. The van der Waals surface area contributed by atoms with Crippen molar-refractivity contribution in [2.45, 2.75) is 84.8 Å². The van der Waals surface area contributed by atoms with Crippen molar-refractivity contribution in [1.82, 2.24) is 0 Å². The van der Waals surface area contributed by atoms with Crippen LogP contribution >= 0.6 is 0 Å². The van der Waals surface area contributed by atoms with Gasteiger partial charge in [-0.15, -0.1) is 0 Å². The smallest absolute Gasteiger partial charge is 0.0818 e. The number of unbranched alkanes of at least 4 members (excludes halogenated alkanes) is 1. The normalized spacial score (nSPS) is 24.1. The second-order valence-corrected chi connectivity index (χ2v) is 10.2. The topological polar surface area (TPSA) is 29.5 Å². The van der Waals surface area contributed by atoms with E-state index >= 15 is 0 Å². The number of ether oxygens (including phenoxy) is 1. The third kappa shape index (κ3) is 6.93. The Balaban J connectivity index is 1.47. The Morgan fingerprint density at radius 2 is 1.66 bits per heavy atom. The van der Waals surface area contributed by atoms with Gasteiger partial charge in [-0.25, -0.2) is 0 Å². The Bertz CT molecular complexity index is 769. The molecule has 0 saturated heterocycles. The maximum Gasteiger partial charge on any atom is 0.0818 e. The van der Waals surface area contributed by atoms with E-state index in [1.807, 2.05) is 6.07 Å². The first-order valence-electron chi connectivity index (χ1n) is 12.9. The van der Waals surface area contributed by atoms with Gasteiger partial charge in [0.05, 0.1) is 12.2 Å². The standard InChI is InChI=1S/C30H44O2/c1-5-6-20-32-24(4)22(2)12-13-25-14-19-29(21-23(25)3)30(31)28-17-15-27(16-18-28)26-10-8-7-9-11-26/h7-11,15-18,22-25,29-31H,5-6,12-14,19-21H2,1-4H3/t22?,23-,24?,25?,29+,30?/m0/s1. The van der Waals surface area contributed by atoms with Crippen molar-refractivity contribution in [2.75, 3.05) is 6.61 Å². The van der Waals surface area contributed by atoms with E-state index in [9.17, 15) is 5.11 Å². The molecule has 0 radical (unpaired) electrons. The third-order valence-corrected chi connectivity index (χ3v) is 7.87. The van der Waals surface area contributed by atoms with E-state index in [2.05, 4.69) is 76.2 Å². The lowest BCUT2D eigenvalue weighted by atomic mass is 9.70. The molecule has 2 aromatic carbocycles. The molecular weight excluding hydrogens is 392 g/mol. The van der Waals surface area contributed by atoms with Gasteiger partial charge in [0.2, 0.25) is 0 Å². The highest BCUT2D eigenvalue weighted by Crippen LogP contribution is 2.42. The molecule has 0 amide bonds. The molecule has 176 valence electrons. The summed E-state index contributed by atoms with van der Waals surface area (Å²) in [4.78, 5) is 0. The molecule has 0 bridgehead atoms. The summed E-state index contributed by atoms with van der Waals surface area (Å²) >= 11 is 0. The average Bonchev–Trinajstić information content (AvgIpc) is 2.83. The second kappa shape index (κ2) is 12.6. The van der Waals surface area contributed by atoms with Gasteiger partial charge in [0.1, 0.15) is 0 Å². The summed E-state index contributed by atoms with van der Waals surface area (Å²) < 4.78 is 6.01. The lowest BCUT2D eigenvalue weighted by Crippen LogP contribution is -2.28. The summed E-state index contributed by atoms with van der Waals surface area (Å²) in [7, 11) is 0. The van der Waals surface area contributed by atoms with E-state index in [-0.39, 0.29) is 6.10 Å². The highest BCUT2D eigenvalue weighted by Gasteiger charge is 2.32. The van der Waals surface area contributed by atoms with Crippen molar-refractivity contribution >= 4 is 0 Å². The summed E-state index contributed by atoms with van der Waals surface area (Å²) in [5.41, 5.74) is 3.50. The van der Waals surface area contributed by atoms with Crippen molar-refractivity contribution in [3.63, 3.8) is 0 Å². The van der Waals surface area contributed by atoms with Gasteiger partial charge < -0.3 is 9.84 Å². The number of hydrogen-bond donors (Lipinski definition) is 1. The molecule has 2 aromatic rings. The van der Waals surface area contributed by atoms with Crippen LogP contribution in [0.15, 0.2) is 54.6 Å². The highest BCUT2D eigenvalue weighted by atomic mass is 16.5. The van der Waals surface area contributed by atoms with Crippen LogP contribution in [0.5, 0.6) is 0 Å². The summed E-state index contributed by atoms with van der Waals surface area (Å²) in [5, 5.41) is 11.1. The number of benzene rings is 2. The number of aliphatic hydroxyl groups excluding tert-OH is 1. The van der Waals surface area contributed by atoms with E-state index in [0.717, 1.165) is 37.4 Å². The molecule has 3 rings (SSSR count). The summed E-state index contributed by atoms with van der Waals surface area (Å²) in [6.45, 7) is 10.1. The molecule has 0 aromatic heterocycles. The molecule has 32 heavy (non-hydrogen) atoms. The minimum absolute atomic E-state index is 0.353. The zero-order valence-electron chi connectivity index (χ0n) is 20.7. The van der Waals surface area contributed by atoms with Crippen LogP contribution in [0.1, 0.15) is 84.3 Å². The quantitative estimate of drug-likeness (QED) is 0.361. The van der Waals surface area contributed by atoms with Crippen LogP contribution in [0.4, 0.5) is 0 Å². The Morgan fingerprint density at radius 1 is 0.969 bits per heavy atom. The van der Waals surface area contributed by atoms with Gasteiger partial charge in [-0.1, -0.05) is 81.8 Å². The van der Waals surface area contributed by atoms with Crippen LogP contribution in [-0.4, -0.2) is 17.8 Å². The Morgan fingerprint density at radius 3 is 2.31 bits per heavy atom. The van der Waals surface area contributed by atoms with Crippen LogP contribution in [-0.2, 0) is 4.74 Å². The highest BCUT2D eigenvalue weighted by molar-refractivity contribution is 5.63. The average molecular weight is 437 g/mol. The van der Waals surface area contributed by atoms with E-state index < -0.39 is 0 Å². The molecule has 2 heteroatoms. The summed E-state index contributed by atoms with van der Waals surface area (Å²) in [5.74, 6) is 2.45. The van der Waals surface area contributed by atoms with Crippen LogP contribution in [0.25, 0.3) is 11.1 Å². The van der Waals surface area contributed by atoms with Crippen LogP contribution in [0, 0.1) is 23.7 Å². The van der Waals surface area contributed by atoms with E-state index in [4.69, 9.17) is 4.74 Å². The van der Waals surface area contributed by atoms with Gasteiger partial charge in [0, 0.05) is 6.61 Å². The largest absolute Gasteiger partial charge is 0.388 e.